The van der Waals surface area contributed by atoms with E-state index in [0.29, 0.717) is 18.6 Å². The summed E-state index contributed by atoms with van der Waals surface area (Å²) in [6, 6.07) is 31.3. The minimum absolute atomic E-state index is 0.0964. The lowest BCUT2D eigenvalue weighted by Gasteiger charge is -2.39. The summed E-state index contributed by atoms with van der Waals surface area (Å²) in [5.74, 6) is 0.957. The fraction of sp³-hybridized carbons (Fsp3) is 0.479. The van der Waals surface area contributed by atoms with Gasteiger partial charge in [-0.1, -0.05) is 99.5 Å². The molecule has 0 aliphatic carbocycles. The molecule has 4 atom stereocenters. The normalized spacial score (nSPS) is 17.3. The van der Waals surface area contributed by atoms with Gasteiger partial charge in [0.1, 0.15) is 12.0 Å². The highest BCUT2D eigenvalue weighted by molar-refractivity contribution is 7.44. The first-order valence-corrected chi connectivity index (χ1v) is 23.4. The standard InChI is InChI=1S/C48H64N9O5P/c1-8-10-28-55(29-11-9-2)33-51-47-53-45-44(46(58)54-47)50-34-56(45)43-31-41(62-63(60-30-18-27-49)57(35(3)4)36(5)6)42(61-43)32-52-48(37-19-14-12-15-20-37,38-21-16-13-17-22-38)39-23-25-40(59-7)26-24-39/h12-17,19-26,33-36,41-43,52H,8-11,18,28-32H2,1-7H3,(H,53,54,58)/t41-,42+,43+,63?/m0/s1. The van der Waals surface area contributed by atoms with Crippen LogP contribution in [0.2, 0.25) is 0 Å². The van der Waals surface area contributed by atoms with E-state index in [1.807, 2.05) is 28.8 Å². The monoisotopic (exact) mass is 877 g/mol. The Kier molecular flexibility index (Phi) is 17.4. The lowest BCUT2D eigenvalue weighted by molar-refractivity contribution is -0.0161. The van der Waals surface area contributed by atoms with Gasteiger partial charge in [-0.2, -0.15) is 10.2 Å². The summed E-state index contributed by atoms with van der Waals surface area (Å²) in [4.78, 5) is 32.5. The molecule has 63 heavy (non-hydrogen) atoms. The zero-order chi connectivity index (χ0) is 44.8. The van der Waals surface area contributed by atoms with E-state index in [1.165, 1.54) is 0 Å². The van der Waals surface area contributed by atoms with Gasteiger partial charge in [-0.15, -0.1) is 0 Å². The Morgan fingerprint density at radius 3 is 2.17 bits per heavy atom. The molecule has 2 aromatic heterocycles. The Balaban J connectivity index is 1.41. The summed E-state index contributed by atoms with van der Waals surface area (Å²) in [7, 11) is 0.0389. The van der Waals surface area contributed by atoms with Crippen molar-refractivity contribution in [2.75, 3.05) is 33.4 Å². The molecule has 0 radical (unpaired) electrons. The summed E-state index contributed by atoms with van der Waals surface area (Å²) < 4.78 is 30.2. The third kappa shape index (κ3) is 11.6. The van der Waals surface area contributed by atoms with E-state index < -0.39 is 32.5 Å². The average Bonchev–Trinajstić information content (AvgIpc) is 3.91. The van der Waals surface area contributed by atoms with Crippen LogP contribution in [-0.2, 0) is 19.3 Å². The van der Waals surface area contributed by atoms with E-state index in [-0.39, 0.29) is 42.1 Å². The van der Waals surface area contributed by atoms with E-state index >= 15 is 0 Å². The van der Waals surface area contributed by atoms with E-state index in [4.69, 9.17) is 23.5 Å². The number of nitriles is 1. The number of ether oxygens (including phenoxy) is 2. The molecule has 1 fully saturated rings. The van der Waals surface area contributed by atoms with Crippen LogP contribution in [0.5, 0.6) is 5.75 Å². The number of benzene rings is 3. The topological polar surface area (TPSA) is 155 Å². The lowest BCUT2D eigenvalue weighted by Crippen LogP contribution is -2.49. The van der Waals surface area contributed by atoms with Crippen molar-refractivity contribution < 1.29 is 18.5 Å². The smallest absolute Gasteiger partial charge is 0.280 e. The van der Waals surface area contributed by atoms with Crippen LogP contribution in [0.25, 0.3) is 11.2 Å². The summed E-state index contributed by atoms with van der Waals surface area (Å²) >= 11 is 0. The van der Waals surface area contributed by atoms with E-state index in [2.05, 4.69) is 138 Å². The van der Waals surface area contributed by atoms with E-state index in [1.54, 1.807) is 19.8 Å². The Bertz CT molecular complexity index is 2230. The zero-order valence-electron chi connectivity index (χ0n) is 37.8. The summed E-state index contributed by atoms with van der Waals surface area (Å²) in [6.07, 6.45) is 6.65. The molecular formula is C48H64N9O5P. The molecule has 0 spiro atoms. The summed E-state index contributed by atoms with van der Waals surface area (Å²) in [6.45, 7) is 15.2. The van der Waals surface area contributed by atoms with Gasteiger partial charge < -0.3 is 23.4 Å². The number of unbranched alkanes of at least 4 members (excludes halogenated alkanes) is 2. The van der Waals surface area contributed by atoms with Crippen LogP contribution in [-0.4, -0.2) is 93.1 Å². The largest absolute Gasteiger partial charge is 0.497 e. The molecule has 0 bridgehead atoms. The van der Waals surface area contributed by atoms with Crippen LogP contribution in [0, 0.1) is 11.3 Å². The fourth-order valence-electron chi connectivity index (χ4n) is 8.12. The number of nitrogens with one attached hydrogen (secondary N) is 2. The second-order valence-corrected chi connectivity index (χ2v) is 17.8. The van der Waals surface area contributed by atoms with Crippen molar-refractivity contribution >= 4 is 32.0 Å². The number of imidazole rings is 1. The number of aliphatic imine (C=N–C) groups is 1. The van der Waals surface area contributed by atoms with Crippen LogP contribution >= 0.6 is 8.53 Å². The predicted molar refractivity (Wildman–Crippen MR) is 250 cm³/mol. The molecule has 0 saturated carbocycles. The Morgan fingerprint density at radius 1 is 0.984 bits per heavy atom. The van der Waals surface area contributed by atoms with Crippen molar-refractivity contribution in [3.8, 4) is 11.8 Å². The molecule has 0 amide bonds. The minimum atomic E-state index is -1.63. The number of nitrogens with zero attached hydrogens (tertiary/aromatic N) is 7. The van der Waals surface area contributed by atoms with Crippen molar-refractivity contribution in [3.05, 3.63) is 118 Å². The fourth-order valence-corrected chi connectivity index (χ4v) is 9.88. The number of methoxy groups -OCH3 is 1. The van der Waals surface area contributed by atoms with Crippen LogP contribution < -0.4 is 15.6 Å². The Hall–Kier alpha value is -5.00. The van der Waals surface area contributed by atoms with Gasteiger partial charge in [-0.25, -0.2) is 14.6 Å². The molecule has 1 unspecified atom stereocenters. The molecule has 5 aromatic rings. The SMILES string of the molecule is CCCCN(C=Nc1nc2c(ncn2[C@H]2C[C@H](OP(OCCC#N)N(C(C)C)C(C)C)[C@@H](CNC(c3ccccc3)(c3ccccc3)c3ccc(OC)cc3)O2)c(=O)[nH]1)CCCC. The first-order chi connectivity index (χ1) is 30.6. The van der Waals surface area contributed by atoms with Gasteiger partial charge in [0, 0.05) is 38.1 Å². The number of aromatic amines is 1. The maximum Gasteiger partial charge on any atom is 0.280 e. The van der Waals surface area contributed by atoms with Gasteiger partial charge in [0.15, 0.2) is 11.2 Å². The van der Waals surface area contributed by atoms with Gasteiger partial charge in [-0.05, 0) is 69.4 Å². The zero-order valence-corrected chi connectivity index (χ0v) is 38.7. The van der Waals surface area contributed by atoms with Crippen molar-refractivity contribution in [1.82, 2.24) is 34.4 Å². The second-order valence-electron chi connectivity index (χ2n) is 16.3. The highest BCUT2D eigenvalue weighted by atomic mass is 31.2. The number of hydrogen-bond donors (Lipinski definition) is 2. The quantitative estimate of drug-likeness (QED) is 0.0200. The highest BCUT2D eigenvalue weighted by Crippen LogP contribution is 2.50. The van der Waals surface area contributed by atoms with E-state index in [9.17, 15) is 10.1 Å². The van der Waals surface area contributed by atoms with Crippen molar-refractivity contribution in [3.63, 3.8) is 0 Å². The third-order valence-electron chi connectivity index (χ3n) is 11.2. The van der Waals surface area contributed by atoms with Crippen LogP contribution in [0.1, 0.15) is 103 Å². The average molecular weight is 878 g/mol. The maximum atomic E-state index is 13.5. The molecule has 1 saturated heterocycles. The molecule has 1 aliphatic heterocycles. The van der Waals surface area contributed by atoms with Crippen molar-refractivity contribution in [2.45, 2.75) is 116 Å². The van der Waals surface area contributed by atoms with Gasteiger partial charge in [-0.3, -0.25) is 19.7 Å². The molecule has 2 N–H and O–H groups in total. The molecule has 14 nitrogen and oxygen atoms in total. The van der Waals surface area contributed by atoms with Crippen LogP contribution in [0.4, 0.5) is 5.95 Å². The maximum absolute atomic E-state index is 13.5. The molecule has 15 heteroatoms. The van der Waals surface area contributed by atoms with E-state index in [0.717, 1.165) is 61.2 Å². The number of fused-ring (bicyclic) bond motifs is 1. The number of rotatable bonds is 24. The molecule has 3 aromatic carbocycles. The summed E-state index contributed by atoms with van der Waals surface area (Å²) in [5, 5.41) is 13.5. The highest BCUT2D eigenvalue weighted by Gasteiger charge is 2.44. The second kappa shape index (κ2) is 23.1. The van der Waals surface area contributed by atoms with Gasteiger partial charge in [0.25, 0.3) is 14.1 Å². The predicted octanol–water partition coefficient (Wildman–Crippen LogP) is 9.22. The molecule has 336 valence electrons. The number of hydrogen-bond acceptors (Lipinski definition) is 11. The first kappa shape index (κ1) is 47.5. The minimum Gasteiger partial charge on any atom is -0.497 e. The molecule has 3 heterocycles. The number of aromatic nitrogens is 4. The Labute approximate surface area is 373 Å². The number of H-pyrrole nitrogens is 1. The van der Waals surface area contributed by atoms with Crippen LogP contribution in [0.15, 0.2) is 101 Å². The van der Waals surface area contributed by atoms with Gasteiger partial charge >= 0.3 is 0 Å². The first-order valence-electron chi connectivity index (χ1n) is 22.3. The van der Waals surface area contributed by atoms with Crippen molar-refractivity contribution in [2.24, 2.45) is 4.99 Å². The van der Waals surface area contributed by atoms with Crippen molar-refractivity contribution in [1.29, 1.82) is 5.26 Å². The van der Waals surface area contributed by atoms with Crippen LogP contribution in [0.3, 0.4) is 0 Å². The van der Waals surface area contributed by atoms with Gasteiger partial charge in [0.2, 0.25) is 5.95 Å². The van der Waals surface area contributed by atoms with Gasteiger partial charge in [0.05, 0.1) is 56.6 Å². The molecular weight excluding hydrogens is 814 g/mol. The third-order valence-corrected chi connectivity index (χ3v) is 13.4. The Morgan fingerprint density at radius 2 is 1.60 bits per heavy atom. The summed E-state index contributed by atoms with van der Waals surface area (Å²) in [5.41, 5.74) is 2.48. The molecule has 1 aliphatic rings. The lowest BCUT2D eigenvalue weighted by atomic mass is 9.77. The molecule has 6 rings (SSSR count).